The van der Waals surface area contributed by atoms with Crippen LogP contribution in [0.1, 0.15) is 59.5 Å². The molecule has 1 amide bonds. The summed E-state index contributed by atoms with van der Waals surface area (Å²) in [6, 6.07) is 3.17. The molecule has 8 heteroatoms. The lowest BCUT2D eigenvalue weighted by molar-refractivity contribution is 0.0919. The lowest BCUT2D eigenvalue weighted by Crippen LogP contribution is -2.38. The van der Waals surface area contributed by atoms with E-state index in [0.717, 1.165) is 31.4 Å². The van der Waals surface area contributed by atoms with Crippen LogP contribution in [0.2, 0.25) is 5.02 Å². The number of carbonyl (C=O) groups is 1. The van der Waals surface area contributed by atoms with Gasteiger partial charge in [0.1, 0.15) is 5.69 Å². The van der Waals surface area contributed by atoms with Crippen LogP contribution < -0.4 is 5.32 Å². The monoisotopic (exact) mass is 396 g/mol. The van der Waals surface area contributed by atoms with E-state index >= 15 is 0 Å². The van der Waals surface area contributed by atoms with Gasteiger partial charge in [0.25, 0.3) is 12.3 Å². The highest BCUT2D eigenvalue weighted by atomic mass is 35.5. The van der Waals surface area contributed by atoms with Gasteiger partial charge in [-0.25, -0.2) is 8.78 Å². The van der Waals surface area contributed by atoms with Gasteiger partial charge in [-0.05, 0) is 57.6 Å². The minimum Gasteiger partial charge on any atom is -0.349 e. The fraction of sp³-hybridized carbons (Fsp3) is 0.526. The first-order valence-corrected chi connectivity index (χ1v) is 9.46. The van der Waals surface area contributed by atoms with E-state index in [1.807, 2.05) is 0 Å². The standard InChI is InChI=1S/C19H23ClF2N4O/c1-11-7-17(18(21)22)25-26(11)10-13-3-5-15(6-4-13)24-19(27)16-8-14(20)9-23-12(16)2/h7-9,13,15,18H,3-6,10H2,1-2H3,(H,24,27). The predicted octanol–water partition coefficient (Wildman–Crippen LogP) is 4.47. The molecule has 3 rings (SSSR count). The van der Waals surface area contributed by atoms with Crippen LogP contribution in [-0.4, -0.2) is 26.7 Å². The molecule has 0 saturated heterocycles. The molecular formula is C19H23ClF2N4O. The number of hydrogen-bond acceptors (Lipinski definition) is 3. The minimum absolute atomic E-state index is 0.0995. The topological polar surface area (TPSA) is 59.8 Å². The number of aromatic nitrogens is 3. The van der Waals surface area contributed by atoms with Crippen LogP contribution in [0.15, 0.2) is 18.3 Å². The highest BCUT2D eigenvalue weighted by Gasteiger charge is 2.25. The van der Waals surface area contributed by atoms with Crippen molar-refractivity contribution >= 4 is 17.5 Å². The molecule has 0 aromatic carbocycles. The predicted molar refractivity (Wildman–Crippen MR) is 99.1 cm³/mol. The zero-order valence-corrected chi connectivity index (χ0v) is 16.1. The smallest absolute Gasteiger partial charge is 0.282 e. The average Bonchev–Trinajstić information content (AvgIpc) is 2.99. The van der Waals surface area contributed by atoms with Gasteiger partial charge in [-0.2, -0.15) is 5.10 Å². The first-order chi connectivity index (χ1) is 12.8. The summed E-state index contributed by atoms with van der Waals surface area (Å²) in [5.74, 6) is 0.215. The Morgan fingerprint density at radius 2 is 2.00 bits per heavy atom. The fourth-order valence-electron chi connectivity index (χ4n) is 3.56. The molecule has 0 unspecified atom stereocenters. The molecule has 2 aromatic rings. The normalized spacial score (nSPS) is 20.1. The maximum absolute atomic E-state index is 12.8. The highest BCUT2D eigenvalue weighted by molar-refractivity contribution is 6.30. The van der Waals surface area contributed by atoms with Gasteiger partial charge in [-0.1, -0.05) is 11.6 Å². The second-order valence-corrected chi connectivity index (χ2v) is 7.61. The molecule has 2 heterocycles. The molecule has 1 aliphatic rings. The van der Waals surface area contributed by atoms with Crippen LogP contribution in [0.25, 0.3) is 0 Å². The van der Waals surface area contributed by atoms with Gasteiger partial charge in [0.2, 0.25) is 0 Å². The second-order valence-electron chi connectivity index (χ2n) is 7.17. The third kappa shape index (κ3) is 4.83. The third-order valence-corrected chi connectivity index (χ3v) is 5.34. The number of alkyl halides is 2. The summed E-state index contributed by atoms with van der Waals surface area (Å²) in [7, 11) is 0. The van der Waals surface area contributed by atoms with E-state index in [1.54, 1.807) is 24.6 Å². The molecule has 146 valence electrons. The van der Waals surface area contributed by atoms with Gasteiger partial charge in [0.05, 0.1) is 16.3 Å². The quantitative estimate of drug-likeness (QED) is 0.810. The van der Waals surface area contributed by atoms with Crippen molar-refractivity contribution in [3.63, 3.8) is 0 Å². The van der Waals surface area contributed by atoms with E-state index in [2.05, 4.69) is 15.4 Å². The van der Waals surface area contributed by atoms with Crippen LogP contribution in [0, 0.1) is 19.8 Å². The van der Waals surface area contributed by atoms with E-state index in [1.165, 1.54) is 12.3 Å². The Hall–Kier alpha value is -2.02. The largest absolute Gasteiger partial charge is 0.349 e. The number of rotatable bonds is 5. The summed E-state index contributed by atoms with van der Waals surface area (Å²) in [6.45, 7) is 4.21. The van der Waals surface area contributed by atoms with Crippen LogP contribution in [0.3, 0.4) is 0 Å². The first-order valence-electron chi connectivity index (χ1n) is 9.09. The number of aryl methyl sites for hydroxylation is 2. The summed E-state index contributed by atoms with van der Waals surface area (Å²) in [5.41, 5.74) is 1.73. The number of hydrogen-bond donors (Lipinski definition) is 1. The highest BCUT2D eigenvalue weighted by Crippen LogP contribution is 2.27. The lowest BCUT2D eigenvalue weighted by atomic mass is 9.86. The molecule has 0 bridgehead atoms. The molecule has 1 fully saturated rings. The van der Waals surface area contributed by atoms with Crippen LogP contribution in [0.5, 0.6) is 0 Å². The number of halogens is 3. The van der Waals surface area contributed by atoms with Gasteiger partial charge < -0.3 is 5.32 Å². The molecule has 0 aliphatic heterocycles. The Morgan fingerprint density at radius 1 is 1.30 bits per heavy atom. The van der Waals surface area contributed by atoms with Crippen molar-refractivity contribution in [1.82, 2.24) is 20.1 Å². The minimum atomic E-state index is -2.54. The fourth-order valence-corrected chi connectivity index (χ4v) is 3.72. The number of amides is 1. The number of nitrogens with zero attached hydrogens (tertiary/aromatic N) is 3. The molecule has 5 nitrogen and oxygen atoms in total. The SMILES string of the molecule is Cc1ncc(Cl)cc1C(=O)NC1CCC(Cn2nc(C(F)F)cc2C)CC1. The van der Waals surface area contributed by atoms with Gasteiger partial charge in [-0.15, -0.1) is 0 Å². The molecule has 1 aliphatic carbocycles. The Bertz CT molecular complexity index is 816. The molecule has 1 saturated carbocycles. The Balaban J connectivity index is 1.53. The van der Waals surface area contributed by atoms with Crippen molar-refractivity contribution in [2.24, 2.45) is 5.92 Å². The van der Waals surface area contributed by atoms with Crippen LogP contribution in [0.4, 0.5) is 8.78 Å². The van der Waals surface area contributed by atoms with Crippen LogP contribution >= 0.6 is 11.6 Å². The summed E-state index contributed by atoms with van der Waals surface area (Å²) >= 11 is 5.94. The lowest BCUT2D eigenvalue weighted by Gasteiger charge is -2.29. The number of nitrogens with one attached hydrogen (secondary N) is 1. The zero-order chi connectivity index (χ0) is 19.6. The molecule has 0 radical (unpaired) electrons. The molecule has 27 heavy (non-hydrogen) atoms. The maximum Gasteiger partial charge on any atom is 0.282 e. The molecule has 1 N–H and O–H groups in total. The van der Waals surface area contributed by atoms with Crippen molar-refractivity contribution in [3.8, 4) is 0 Å². The summed E-state index contributed by atoms with van der Waals surface area (Å²) < 4.78 is 27.2. The first kappa shape index (κ1) is 19.7. The second kappa shape index (κ2) is 8.33. The average molecular weight is 397 g/mol. The zero-order valence-electron chi connectivity index (χ0n) is 15.4. The van der Waals surface area contributed by atoms with Crippen molar-refractivity contribution in [1.29, 1.82) is 0 Å². The maximum atomic E-state index is 12.8. The van der Waals surface area contributed by atoms with Crippen LogP contribution in [-0.2, 0) is 6.54 Å². The Kier molecular flexibility index (Phi) is 6.09. The van der Waals surface area contributed by atoms with Crippen molar-refractivity contribution in [2.75, 3.05) is 0 Å². The molecule has 0 atom stereocenters. The van der Waals surface area contributed by atoms with Gasteiger partial charge in [0.15, 0.2) is 0 Å². The van der Waals surface area contributed by atoms with E-state index in [0.29, 0.717) is 28.7 Å². The Morgan fingerprint density at radius 3 is 2.63 bits per heavy atom. The summed E-state index contributed by atoms with van der Waals surface area (Å²) in [5, 5.41) is 7.50. The molecular weight excluding hydrogens is 374 g/mol. The molecule has 2 aromatic heterocycles. The third-order valence-electron chi connectivity index (χ3n) is 5.13. The van der Waals surface area contributed by atoms with E-state index < -0.39 is 6.43 Å². The van der Waals surface area contributed by atoms with Crippen molar-refractivity contribution in [2.45, 2.75) is 58.5 Å². The molecule has 0 spiro atoms. The number of carbonyl (C=O) groups excluding carboxylic acids is 1. The number of pyridine rings is 1. The van der Waals surface area contributed by atoms with Gasteiger partial charge in [0, 0.05) is 24.5 Å². The van der Waals surface area contributed by atoms with Gasteiger partial charge >= 0.3 is 0 Å². The van der Waals surface area contributed by atoms with E-state index in [-0.39, 0.29) is 17.6 Å². The van der Waals surface area contributed by atoms with Crippen molar-refractivity contribution < 1.29 is 13.6 Å². The summed E-state index contributed by atoms with van der Waals surface area (Å²) in [4.78, 5) is 16.6. The van der Waals surface area contributed by atoms with Crippen molar-refractivity contribution in [3.05, 3.63) is 46.0 Å². The van der Waals surface area contributed by atoms with E-state index in [9.17, 15) is 13.6 Å². The summed E-state index contributed by atoms with van der Waals surface area (Å²) in [6.07, 6.45) is 2.52. The van der Waals surface area contributed by atoms with E-state index in [4.69, 9.17) is 11.6 Å². The van der Waals surface area contributed by atoms with Gasteiger partial charge in [-0.3, -0.25) is 14.5 Å². The Labute approximate surface area is 162 Å².